The number of fused-ring (bicyclic) bond motifs is 1. The molecule has 0 N–H and O–H groups in total. The van der Waals surface area contributed by atoms with Gasteiger partial charge in [-0.25, -0.2) is 4.98 Å². The van der Waals surface area contributed by atoms with Crippen LogP contribution < -0.4 is 0 Å². The molecule has 0 atom stereocenters. The fraction of sp³-hybridized carbons (Fsp3) is 0. The second-order valence-electron chi connectivity index (χ2n) is 2.54. The van der Waals surface area contributed by atoms with Gasteiger partial charge in [0.15, 0.2) is 0 Å². The van der Waals surface area contributed by atoms with E-state index in [2.05, 4.69) is 4.98 Å². The van der Waals surface area contributed by atoms with Crippen LogP contribution in [0.2, 0.25) is 0 Å². The van der Waals surface area contributed by atoms with Crippen LogP contribution in [-0.2, 0) is 0 Å². The monoisotopic (exact) mass is 189 g/mol. The van der Waals surface area contributed by atoms with Crippen LogP contribution >= 0.6 is 0 Å². The third-order valence-electron chi connectivity index (χ3n) is 1.66. The van der Waals surface area contributed by atoms with Crippen LogP contribution in [0.25, 0.3) is 11.1 Å². The maximum atomic E-state index is 10.3. The molecule has 0 aromatic carbocycles. The lowest BCUT2D eigenvalue weighted by Gasteiger charge is -1.85. The van der Waals surface area contributed by atoms with Crippen molar-refractivity contribution in [3.8, 4) is 6.07 Å². The van der Waals surface area contributed by atoms with Gasteiger partial charge in [-0.2, -0.15) is 5.26 Å². The fourth-order valence-corrected chi connectivity index (χ4v) is 1.06. The number of nitro groups is 1. The second kappa shape index (κ2) is 2.81. The minimum atomic E-state index is -0.645. The van der Waals surface area contributed by atoms with Crippen molar-refractivity contribution in [2.45, 2.75) is 0 Å². The molecule has 0 amide bonds. The zero-order chi connectivity index (χ0) is 10.1. The van der Waals surface area contributed by atoms with Crippen molar-refractivity contribution in [1.29, 1.82) is 5.26 Å². The van der Waals surface area contributed by atoms with E-state index in [4.69, 9.17) is 9.68 Å². The number of furan rings is 1. The molecule has 0 aliphatic carbocycles. The molecule has 0 aliphatic rings. The van der Waals surface area contributed by atoms with Crippen LogP contribution in [0.4, 0.5) is 5.88 Å². The zero-order valence-electron chi connectivity index (χ0n) is 6.80. The SMILES string of the molecule is N#Cc1ccc2cc([N+](=O)[O-])oc2n1. The van der Waals surface area contributed by atoms with E-state index in [1.165, 1.54) is 12.1 Å². The third-order valence-corrected chi connectivity index (χ3v) is 1.66. The lowest BCUT2D eigenvalue weighted by Crippen LogP contribution is -1.82. The second-order valence-corrected chi connectivity index (χ2v) is 2.54. The summed E-state index contributed by atoms with van der Waals surface area (Å²) in [4.78, 5) is 13.5. The van der Waals surface area contributed by atoms with Crippen molar-refractivity contribution < 1.29 is 9.34 Å². The predicted molar refractivity (Wildman–Crippen MR) is 45.4 cm³/mol. The highest BCUT2D eigenvalue weighted by Crippen LogP contribution is 2.22. The molecule has 0 fully saturated rings. The van der Waals surface area contributed by atoms with Crippen molar-refractivity contribution in [3.63, 3.8) is 0 Å². The van der Waals surface area contributed by atoms with E-state index in [1.54, 1.807) is 6.07 Å². The molecule has 6 nitrogen and oxygen atoms in total. The Morgan fingerprint density at radius 1 is 1.57 bits per heavy atom. The normalized spacial score (nSPS) is 9.93. The number of rotatable bonds is 1. The minimum absolute atomic E-state index is 0.107. The Labute approximate surface area is 77.5 Å². The predicted octanol–water partition coefficient (Wildman–Crippen LogP) is 1.61. The Morgan fingerprint density at radius 3 is 3.00 bits per heavy atom. The average molecular weight is 189 g/mol. The molecule has 0 aliphatic heterocycles. The smallest absolute Gasteiger partial charge is 0.382 e. The van der Waals surface area contributed by atoms with Gasteiger partial charge in [0, 0.05) is 5.39 Å². The molecule has 68 valence electrons. The summed E-state index contributed by atoms with van der Waals surface area (Å²) in [5.74, 6) is -0.373. The van der Waals surface area contributed by atoms with Gasteiger partial charge in [-0.15, -0.1) is 0 Å². The van der Waals surface area contributed by atoms with E-state index in [0.717, 1.165) is 0 Å². The first-order valence-corrected chi connectivity index (χ1v) is 3.66. The van der Waals surface area contributed by atoms with E-state index in [1.807, 2.05) is 6.07 Å². The summed E-state index contributed by atoms with van der Waals surface area (Å²) in [6, 6.07) is 6.11. The number of pyridine rings is 1. The highest BCUT2D eigenvalue weighted by molar-refractivity contribution is 5.76. The first kappa shape index (κ1) is 8.19. The number of aromatic nitrogens is 1. The Morgan fingerprint density at radius 2 is 2.36 bits per heavy atom. The molecular formula is C8H3N3O3. The summed E-state index contributed by atoms with van der Waals surface area (Å²) in [6.07, 6.45) is 0. The van der Waals surface area contributed by atoms with Crippen LogP contribution in [-0.4, -0.2) is 9.91 Å². The number of nitriles is 1. The van der Waals surface area contributed by atoms with E-state index in [0.29, 0.717) is 5.39 Å². The van der Waals surface area contributed by atoms with Crippen LogP contribution in [0.15, 0.2) is 22.6 Å². The Hall–Kier alpha value is -2.42. The van der Waals surface area contributed by atoms with E-state index in [-0.39, 0.29) is 17.3 Å². The molecule has 0 bridgehead atoms. The van der Waals surface area contributed by atoms with Gasteiger partial charge in [-0.05, 0) is 12.1 Å². The molecule has 0 radical (unpaired) electrons. The van der Waals surface area contributed by atoms with E-state index >= 15 is 0 Å². The average Bonchev–Trinajstić information content (AvgIpc) is 2.59. The third kappa shape index (κ3) is 1.17. The van der Waals surface area contributed by atoms with E-state index < -0.39 is 4.92 Å². The van der Waals surface area contributed by atoms with Gasteiger partial charge in [0.25, 0.3) is 0 Å². The summed E-state index contributed by atoms with van der Waals surface area (Å²) in [6.45, 7) is 0. The van der Waals surface area contributed by atoms with Gasteiger partial charge in [0.05, 0.1) is 6.07 Å². The quantitative estimate of drug-likeness (QED) is 0.501. The zero-order valence-corrected chi connectivity index (χ0v) is 6.80. The van der Waals surface area contributed by atoms with Gasteiger partial charge in [-0.3, -0.25) is 10.1 Å². The van der Waals surface area contributed by atoms with Crippen molar-refractivity contribution in [2.24, 2.45) is 0 Å². The molecule has 2 heterocycles. The molecule has 0 spiro atoms. The highest BCUT2D eigenvalue weighted by atomic mass is 16.6. The Kier molecular flexibility index (Phi) is 1.65. The lowest BCUT2D eigenvalue weighted by atomic mass is 10.3. The molecule has 2 aromatic heterocycles. The topological polar surface area (TPSA) is 93.0 Å². The van der Waals surface area contributed by atoms with Gasteiger partial charge in [0.1, 0.15) is 16.7 Å². The van der Waals surface area contributed by atoms with Crippen molar-refractivity contribution in [3.05, 3.63) is 34.0 Å². The maximum absolute atomic E-state index is 10.3. The summed E-state index contributed by atoms with van der Waals surface area (Å²) >= 11 is 0. The van der Waals surface area contributed by atoms with Gasteiger partial charge in [0.2, 0.25) is 5.71 Å². The van der Waals surface area contributed by atoms with Crippen molar-refractivity contribution in [2.75, 3.05) is 0 Å². The summed E-state index contributed by atoms with van der Waals surface area (Å²) in [5, 5.41) is 19.4. The van der Waals surface area contributed by atoms with Crippen LogP contribution in [0.5, 0.6) is 0 Å². The summed E-state index contributed by atoms with van der Waals surface area (Å²) in [7, 11) is 0. The minimum Gasteiger partial charge on any atom is -0.382 e. The molecule has 0 saturated heterocycles. The highest BCUT2D eigenvalue weighted by Gasteiger charge is 2.14. The van der Waals surface area contributed by atoms with Crippen molar-refractivity contribution >= 4 is 17.0 Å². The fourth-order valence-electron chi connectivity index (χ4n) is 1.06. The molecule has 2 rings (SSSR count). The Balaban J connectivity index is 2.67. The number of hydrogen-bond acceptors (Lipinski definition) is 5. The van der Waals surface area contributed by atoms with Gasteiger partial charge in [-0.1, -0.05) is 0 Å². The van der Waals surface area contributed by atoms with Crippen LogP contribution in [0, 0.1) is 21.4 Å². The largest absolute Gasteiger partial charge is 0.435 e. The first-order chi connectivity index (χ1) is 6.70. The summed E-state index contributed by atoms with van der Waals surface area (Å²) < 4.78 is 4.81. The number of hydrogen-bond donors (Lipinski definition) is 0. The molecular weight excluding hydrogens is 186 g/mol. The molecule has 0 saturated carbocycles. The molecule has 14 heavy (non-hydrogen) atoms. The lowest BCUT2D eigenvalue weighted by molar-refractivity contribution is -0.401. The first-order valence-electron chi connectivity index (χ1n) is 3.66. The van der Waals surface area contributed by atoms with Crippen molar-refractivity contribution in [1.82, 2.24) is 4.98 Å². The maximum Gasteiger partial charge on any atom is 0.435 e. The Bertz CT molecular complexity index is 552. The number of nitrogens with zero attached hydrogens (tertiary/aromatic N) is 3. The van der Waals surface area contributed by atoms with Crippen LogP contribution in [0.1, 0.15) is 5.69 Å². The molecule has 2 aromatic rings. The molecule has 6 heteroatoms. The molecule has 0 unspecified atom stereocenters. The van der Waals surface area contributed by atoms with Gasteiger partial charge >= 0.3 is 5.88 Å². The van der Waals surface area contributed by atoms with Gasteiger partial charge < -0.3 is 4.42 Å². The standard InChI is InChI=1S/C8H3N3O3/c9-4-6-2-1-5-3-7(11(12)13)14-8(5)10-6/h1-3H. The summed E-state index contributed by atoms with van der Waals surface area (Å²) in [5.41, 5.74) is 0.275. The van der Waals surface area contributed by atoms with Crippen LogP contribution in [0.3, 0.4) is 0 Å². The van der Waals surface area contributed by atoms with E-state index in [9.17, 15) is 10.1 Å².